The Morgan fingerprint density at radius 3 is 1.37 bits per heavy atom. The molecular formula is C17H24O2. The second-order valence-electron chi connectivity index (χ2n) is 7.88. The van der Waals surface area contributed by atoms with Gasteiger partial charge in [-0.2, -0.15) is 0 Å². The topological polar surface area (TPSA) is 34.1 Å². The lowest BCUT2D eigenvalue weighted by molar-refractivity contribution is -0.137. The maximum Gasteiger partial charge on any atom is 0.146 e. The predicted molar refractivity (Wildman–Crippen MR) is 72.6 cm³/mol. The van der Waals surface area contributed by atoms with Gasteiger partial charge in [-0.25, -0.2) is 0 Å². The van der Waals surface area contributed by atoms with E-state index in [0.717, 1.165) is 50.4 Å². The molecule has 0 radical (unpaired) electrons. The molecule has 4 saturated carbocycles. The van der Waals surface area contributed by atoms with Crippen molar-refractivity contribution in [1.82, 2.24) is 0 Å². The molecule has 0 unspecified atom stereocenters. The molecule has 104 valence electrons. The highest BCUT2D eigenvalue weighted by Crippen LogP contribution is 2.57. The molecule has 4 aliphatic carbocycles. The van der Waals surface area contributed by atoms with Crippen LogP contribution in [0.3, 0.4) is 0 Å². The molecule has 0 saturated heterocycles. The highest BCUT2D eigenvalue weighted by molar-refractivity contribution is 6.04. The van der Waals surface area contributed by atoms with E-state index in [-0.39, 0.29) is 17.3 Å². The molecule has 0 amide bonds. The second kappa shape index (κ2) is 3.93. The Bertz CT molecular complexity index is 381. The molecule has 0 spiro atoms. The molecule has 2 heteroatoms. The van der Waals surface area contributed by atoms with Crippen molar-refractivity contribution in [1.29, 1.82) is 0 Å². The third-order valence-corrected chi connectivity index (χ3v) is 6.99. The van der Waals surface area contributed by atoms with Crippen molar-refractivity contribution < 1.29 is 9.59 Å². The van der Waals surface area contributed by atoms with E-state index in [1.807, 2.05) is 0 Å². The predicted octanol–water partition coefficient (Wildman–Crippen LogP) is 3.68. The summed E-state index contributed by atoms with van der Waals surface area (Å²) >= 11 is 0. The van der Waals surface area contributed by atoms with E-state index in [4.69, 9.17) is 0 Å². The third-order valence-electron chi connectivity index (χ3n) is 6.99. The zero-order valence-corrected chi connectivity index (χ0v) is 11.7. The number of hydrogen-bond acceptors (Lipinski definition) is 2. The molecule has 0 aromatic heterocycles. The highest BCUT2D eigenvalue weighted by atomic mass is 16.2. The smallest absolute Gasteiger partial charge is 0.146 e. The standard InChI is InChI=1S/C17H24O2/c18-14(16-5-1-12(10-16)2-6-16)9-15(19)17-7-3-13(11-17)4-8-17/h12-13H,1-11H2. The Morgan fingerprint density at radius 2 is 1.11 bits per heavy atom. The molecule has 0 aliphatic heterocycles. The van der Waals surface area contributed by atoms with Gasteiger partial charge in [0.1, 0.15) is 11.6 Å². The summed E-state index contributed by atoms with van der Waals surface area (Å²) < 4.78 is 0. The van der Waals surface area contributed by atoms with Crippen LogP contribution in [0.1, 0.15) is 70.6 Å². The lowest BCUT2D eigenvalue weighted by Gasteiger charge is -2.28. The number of carbonyl (C=O) groups is 2. The monoisotopic (exact) mass is 260 g/mol. The van der Waals surface area contributed by atoms with E-state index in [1.165, 1.54) is 25.7 Å². The van der Waals surface area contributed by atoms with E-state index < -0.39 is 0 Å². The van der Waals surface area contributed by atoms with Crippen LogP contribution >= 0.6 is 0 Å². The van der Waals surface area contributed by atoms with Crippen LogP contribution in [0.2, 0.25) is 0 Å². The molecule has 0 aromatic rings. The SMILES string of the molecule is O=C(CC(=O)C12CCC(CC1)C2)C12CCC(CC1)C2. The van der Waals surface area contributed by atoms with Crippen LogP contribution in [-0.4, -0.2) is 11.6 Å². The number of Topliss-reactive ketones (excluding diaryl/α,β-unsaturated/α-hetero) is 2. The van der Waals surface area contributed by atoms with Crippen molar-refractivity contribution in [3.63, 3.8) is 0 Å². The molecular weight excluding hydrogens is 236 g/mol. The Morgan fingerprint density at radius 1 is 0.737 bits per heavy atom. The van der Waals surface area contributed by atoms with Gasteiger partial charge < -0.3 is 0 Å². The summed E-state index contributed by atoms with van der Waals surface area (Å²) in [5.74, 6) is 2.20. The van der Waals surface area contributed by atoms with E-state index in [0.29, 0.717) is 11.6 Å². The fraction of sp³-hybridized carbons (Fsp3) is 0.882. The number of hydrogen-bond donors (Lipinski definition) is 0. The van der Waals surface area contributed by atoms with Crippen LogP contribution in [0, 0.1) is 22.7 Å². The Labute approximate surface area is 115 Å². The first kappa shape index (κ1) is 12.1. The van der Waals surface area contributed by atoms with Gasteiger partial charge >= 0.3 is 0 Å². The summed E-state index contributed by atoms with van der Waals surface area (Å²) in [6.45, 7) is 0. The average molecular weight is 260 g/mol. The average Bonchev–Trinajstić information content (AvgIpc) is 3.19. The van der Waals surface area contributed by atoms with E-state index in [1.54, 1.807) is 0 Å². The first-order chi connectivity index (χ1) is 9.12. The zero-order chi connectivity index (χ0) is 13.1. The largest absolute Gasteiger partial charge is 0.299 e. The van der Waals surface area contributed by atoms with E-state index in [9.17, 15) is 9.59 Å². The number of rotatable bonds is 4. The molecule has 0 N–H and O–H groups in total. The minimum Gasteiger partial charge on any atom is -0.299 e. The maximum atomic E-state index is 12.6. The lowest BCUT2D eigenvalue weighted by Crippen LogP contribution is -2.34. The van der Waals surface area contributed by atoms with Gasteiger partial charge in [-0.1, -0.05) is 0 Å². The molecule has 0 aromatic carbocycles. The van der Waals surface area contributed by atoms with Gasteiger partial charge in [0.15, 0.2) is 0 Å². The number of fused-ring (bicyclic) bond motifs is 4. The van der Waals surface area contributed by atoms with Crippen LogP contribution < -0.4 is 0 Å². The van der Waals surface area contributed by atoms with Crippen LogP contribution in [0.15, 0.2) is 0 Å². The lowest BCUT2D eigenvalue weighted by atomic mass is 9.73. The van der Waals surface area contributed by atoms with Crippen molar-refractivity contribution in [2.24, 2.45) is 22.7 Å². The highest BCUT2D eigenvalue weighted by Gasteiger charge is 2.53. The fourth-order valence-corrected chi connectivity index (χ4v) is 5.69. The zero-order valence-electron chi connectivity index (χ0n) is 11.7. The summed E-state index contributed by atoms with van der Waals surface area (Å²) in [6.07, 6.45) is 11.6. The summed E-state index contributed by atoms with van der Waals surface area (Å²) in [5, 5.41) is 0. The molecule has 2 nitrogen and oxygen atoms in total. The molecule has 4 fully saturated rings. The van der Waals surface area contributed by atoms with Gasteiger partial charge in [0.2, 0.25) is 0 Å². The summed E-state index contributed by atoms with van der Waals surface area (Å²) in [7, 11) is 0. The Kier molecular flexibility index (Phi) is 2.50. The van der Waals surface area contributed by atoms with Gasteiger partial charge in [-0.05, 0) is 76.0 Å². The molecule has 4 aliphatic rings. The van der Waals surface area contributed by atoms with Crippen LogP contribution in [0.4, 0.5) is 0 Å². The van der Waals surface area contributed by atoms with Gasteiger partial charge in [0.25, 0.3) is 0 Å². The van der Waals surface area contributed by atoms with Crippen molar-refractivity contribution in [3.8, 4) is 0 Å². The Hall–Kier alpha value is -0.660. The van der Waals surface area contributed by atoms with Crippen LogP contribution in [0.25, 0.3) is 0 Å². The third kappa shape index (κ3) is 1.68. The van der Waals surface area contributed by atoms with Gasteiger partial charge in [-0.3, -0.25) is 9.59 Å². The van der Waals surface area contributed by atoms with Gasteiger partial charge in [-0.15, -0.1) is 0 Å². The van der Waals surface area contributed by atoms with Crippen LogP contribution in [-0.2, 0) is 9.59 Å². The molecule has 19 heavy (non-hydrogen) atoms. The number of carbonyl (C=O) groups excluding carboxylic acids is 2. The van der Waals surface area contributed by atoms with Crippen molar-refractivity contribution in [3.05, 3.63) is 0 Å². The summed E-state index contributed by atoms with van der Waals surface area (Å²) in [5.41, 5.74) is -0.124. The maximum absolute atomic E-state index is 12.6. The minimum absolute atomic E-state index is 0.0619. The molecule has 0 heterocycles. The second-order valence-corrected chi connectivity index (χ2v) is 7.88. The molecule has 4 rings (SSSR count). The van der Waals surface area contributed by atoms with Gasteiger partial charge in [0.05, 0.1) is 6.42 Å². The van der Waals surface area contributed by atoms with Crippen molar-refractivity contribution in [2.75, 3.05) is 0 Å². The van der Waals surface area contributed by atoms with Crippen molar-refractivity contribution >= 4 is 11.6 Å². The normalized spacial score (nSPS) is 46.9. The van der Waals surface area contributed by atoms with E-state index in [2.05, 4.69) is 0 Å². The summed E-state index contributed by atoms with van der Waals surface area (Å²) in [4.78, 5) is 25.3. The first-order valence-electron chi connectivity index (χ1n) is 8.19. The molecule has 0 atom stereocenters. The first-order valence-corrected chi connectivity index (χ1v) is 8.19. The Balaban J connectivity index is 1.47. The van der Waals surface area contributed by atoms with Crippen molar-refractivity contribution in [2.45, 2.75) is 70.6 Å². The van der Waals surface area contributed by atoms with Gasteiger partial charge in [0, 0.05) is 10.8 Å². The quantitative estimate of drug-likeness (QED) is 0.723. The summed E-state index contributed by atoms with van der Waals surface area (Å²) in [6, 6.07) is 0. The van der Waals surface area contributed by atoms with Crippen LogP contribution in [0.5, 0.6) is 0 Å². The number of ketones is 2. The molecule has 4 bridgehead atoms. The minimum atomic E-state index is -0.0619. The fourth-order valence-electron chi connectivity index (χ4n) is 5.69. The van der Waals surface area contributed by atoms with E-state index >= 15 is 0 Å².